The zero-order chi connectivity index (χ0) is 21.3. The van der Waals surface area contributed by atoms with Gasteiger partial charge in [-0.1, -0.05) is 36.4 Å². The zero-order valence-electron chi connectivity index (χ0n) is 17.3. The quantitative estimate of drug-likeness (QED) is 0.363. The van der Waals surface area contributed by atoms with Crippen LogP contribution in [0.2, 0.25) is 0 Å². The number of ether oxygens (including phenoxy) is 4. The molecule has 0 bridgehead atoms. The van der Waals surface area contributed by atoms with Crippen LogP contribution < -0.4 is 18.9 Å². The number of methoxy groups -OCH3 is 3. The van der Waals surface area contributed by atoms with Crippen LogP contribution in [0.5, 0.6) is 23.0 Å². The predicted molar refractivity (Wildman–Crippen MR) is 117 cm³/mol. The van der Waals surface area contributed by atoms with Crippen molar-refractivity contribution in [3.63, 3.8) is 0 Å². The van der Waals surface area contributed by atoms with Crippen molar-refractivity contribution < 1.29 is 23.7 Å². The van der Waals surface area contributed by atoms with E-state index in [4.69, 9.17) is 18.9 Å². The Labute approximate surface area is 176 Å². The van der Waals surface area contributed by atoms with E-state index in [9.17, 15) is 4.79 Å². The van der Waals surface area contributed by atoms with Crippen LogP contribution in [0.4, 0.5) is 0 Å². The van der Waals surface area contributed by atoms with Gasteiger partial charge in [-0.3, -0.25) is 4.79 Å². The summed E-state index contributed by atoms with van der Waals surface area (Å²) in [6.45, 7) is 0.317. The van der Waals surface area contributed by atoms with Gasteiger partial charge >= 0.3 is 0 Å². The van der Waals surface area contributed by atoms with E-state index in [1.165, 1.54) is 0 Å². The maximum absolute atomic E-state index is 12.3. The molecule has 30 heavy (non-hydrogen) atoms. The van der Waals surface area contributed by atoms with Crippen LogP contribution >= 0.6 is 0 Å². The Morgan fingerprint density at radius 2 is 1.47 bits per heavy atom. The molecule has 3 rings (SSSR count). The molecule has 5 nitrogen and oxygen atoms in total. The Morgan fingerprint density at radius 1 is 0.833 bits per heavy atom. The van der Waals surface area contributed by atoms with Crippen LogP contribution in [0.15, 0.2) is 72.8 Å². The van der Waals surface area contributed by atoms with Gasteiger partial charge in [0.2, 0.25) is 5.75 Å². The predicted octanol–water partition coefficient (Wildman–Crippen LogP) is 5.19. The highest BCUT2D eigenvalue weighted by Gasteiger charge is 2.13. The van der Waals surface area contributed by atoms with E-state index in [0.717, 1.165) is 11.1 Å². The van der Waals surface area contributed by atoms with Crippen molar-refractivity contribution in [1.82, 2.24) is 0 Å². The first-order valence-electron chi connectivity index (χ1n) is 9.44. The van der Waals surface area contributed by atoms with Crippen LogP contribution in [0, 0.1) is 0 Å². The fraction of sp³-hybridized carbons (Fsp3) is 0.160. The molecule has 5 heteroatoms. The first-order valence-corrected chi connectivity index (χ1v) is 9.44. The normalized spacial score (nSPS) is 10.6. The van der Waals surface area contributed by atoms with E-state index in [1.54, 1.807) is 57.7 Å². The van der Waals surface area contributed by atoms with E-state index in [0.29, 0.717) is 35.2 Å². The number of benzene rings is 3. The van der Waals surface area contributed by atoms with Gasteiger partial charge in [0.25, 0.3) is 0 Å². The van der Waals surface area contributed by atoms with E-state index < -0.39 is 0 Å². The van der Waals surface area contributed by atoms with Crippen molar-refractivity contribution >= 4 is 11.9 Å². The van der Waals surface area contributed by atoms with Crippen molar-refractivity contribution in [3.8, 4) is 23.0 Å². The third-order valence-corrected chi connectivity index (χ3v) is 4.50. The van der Waals surface area contributed by atoms with Gasteiger partial charge in [0.1, 0.15) is 12.4 Å². The summed E-state index contributed by atoms with van der Waals surface area (Å²) >= 11 is 0. The second-order valence-corrected chi connectivity index (χ2v) is 6.45. The van der Waals surface area contributed by atoms with Crippen molar-refractivity contribution in [2.45, 2.75) is 6.61 Å². The molecule has 3 aromatic carbocycles. The van der Waals surface area contributed by atoms with Crippen molar-refractivity contribution in [2.24, 2.45) is 0 Å². The molecule has 0 saturated carbocycles. The highest BCUT2D eigenvalue weighted by atomic mass is 16.5. The first kappa shape index (κ1) is 21.0. The van der Waals surface area contributed by atoms with Gasteiger partial charge in [0.15, 0.2) is 17.3 Å². The number of carbonyl (C=O) groups is 1. The van der Waals surface area contributed by atoms with Gasteiger partial charge in [-0.25, -0.2) is 0 Å². The first-order chi connectivity index (χ1) is 14.6. The smallest absolute Gasteiger partial charge is 0.203 e. The average molecular weight is 404 g/mol. The highest BCUT2D eigenvalue weighted by Crippen LogP contribution is 2.38. The second-order valence-electron chi connectivity index (χ2n) is 6.45. The Kier molecular flexibility index (Phi) is 7.11. The minimum atomic E-state index is -0.0602. The summed E-state index contributed by atoms with van der Waals surface area (Å²) in [5.41, 5.74) is 2.45. The van der Waals surface area contributed by atoms with Crippen molar-refractivity contribution in [3.05, 3.63) is 89.5 Å². The summed E-state index contributed by atoms with van der Waals surface area (Å²) in [5, 5.41) is 0. The third-order valence-electron chi connectivity index (χ3n) is 4.50. The standard InChI is InChI=1S/C25H24O5/c1-27-23-15-19(16-24(28-2)25(23)29-3)17-30-21-12-10-20(11-13-21)22(26)14-9-18-7-5-4-6-8-18/h4-16H,17H2,1-3H3/b14-9+. The lowest BCUT2D eigenvalue weighted by Crippen LogP contribution is -2.00. The third kappa shape index (κ3) is 5.20. The Morgan fingerprint density at radius 3 is 2.03 bits per heavy atom. The lowest BCUT2D eigenvalue weighted by Gasteiger charge is -2.14. The Hall–Kier alpha value is -3.73. The lowest BCUT2D eigenvalue weighted by molar-refractivity contribution is 0.104. The molecular formula is C25H24O5. The van der Waals surface area contributed by atoms with Crippen LogP contribution in [0.25, 0.3) is 6.08 Å². The van der Waals surface area contributed by atoms with Crippen LogP contribution in [0.3, 0.4) is 0 Å². The van der Waals surface area contributed by atoms with Crippen LogP contribution in [-0.4, -0.2) is 27.1 Å². The molecule has 0 heterocycles. The van der Waals surface area contributed by atoms with Gasteiger partial charge in [-0.15, -0.1) is 0 Å². The number of allylic oxidation sites excluding steroid dienone is 1. The van der Waals surface area contributed by atoms with E-state index in [-0.39, 0.29) is 5.78 Å². The minimum absolute atomic E-state index is 0.0602. The SMILES string of the molecule is COc1cc(COc2ccc(C(=O)/C=C/c3ccccc3)cc2)cc(OC)c1OC. The van der Waals surface area contributed by atoms with E-state index >= 15 is 0 Å². The summed E-state index contributed by atoms with van der Waals surface area (Å²) in [4.78, 5) is 12.3. The highest BCUT2D eigenvalue weighted by molar-refractivity contribution is 6.06. The number of ketones is 1. The van der Waals surface area contributed by atoms with Gasteiger partial charge < -0.3 is 18.9 Å². The molecule has 0 amide bonds. The van der Waals surface area contributed by atoms with Gasteiger partial charge in [0, 0.05) is 5.56 Å². The monoisotopic (exact) mass is 404 g/mol. The number of rotatable bonds is 9. The number of hydrogen-bond donors (Lipinski definition) is 0. The Balaban J connectivity index is 1.65. The Bertz CT molecular complexity index is 982. The summed E-state index contributed by atoms with van der Waals surface area (Å²) in [5.74, 6) is 2.28. The molecule has 0 aliphatic heterocycles. The zero-order valence-corrected chi connectivity index (χ0v) is 17.3. The van der Waals surface area contributed by atoms with E-state index in [2.05, 4.69) is 0 Å². The molecule has 0 N–H and O–H groups in total. The topological polar surface area (TPSA) is 54.0 Å². The lowest BCUT2D eigenvalue weighted by atomic mass is 10.1. The molecule has 0 unspecified atom stereocenters. The van der Waals surface area contributed by atoms with Gasteiger partial charge in [-0.05, 0) is 53.6 Å². The summed E-state index contributed by atoms with van der Waals surface area (Å²) < 4.78 is 21.9. The molecule has 0 aliphatic carbocycles. The van der Waals surface area contributed by atoms with Crippen LogP contribution in [-0.2, 0) is 6.61 Å². The molecule has 0 aliphatic rings. The summed E-state index contributed by atoms with van der Waals surface area (Å²) in [7, 11) is 4.71. The molecule has 3 aromatic rings. The number of hydrogen-bond acceptors (Lipinski definition) is 5. The molecule has 0 saturated heterocycles. The molecule has 0 aromatic heterocycles. The summed E-state index contributed by atoms with van der Waals surface area (Å²) in [6, 6.07) is 20.5. The fourth-order valence-electron chi connectivity index (χ4n) is 2.93. The molecule has 0 radical (unpaired) electrons. The molecule has 0 spiro atoms. The number of carbonyl (C=O) groups excluding carboxylic acids is 1. The molecule has 154 valence electrons. The largest absolute Gasteiger partial charge is 0.493 e. The van der Waals surface area contributed by atoms with Crippen LogP contribution in [0.1, 0.15) is 21.5 Å². The van der Waals surface area contributed by atoms with Gasteiger partial charge in [-0.2, -0.15) is 0 Å². The maximum Gasteiger partial charge on any atom is 0.203 e. The molecule has 0 atom stereocenters. The fourth-order valence-corrected chi connectivity index (χ4v) is 2.93. The van der Waals surface area contributed by atoms with Crippen molar-refractivity contribution in [2.75, 3.05) is 21.3 Å². The molecule has 0 fully saturated rings. The summed E-state index contributed by atoms with van der Waals surface area (Å²) in [6.07, 6.45) is 3.37. The van der Waals surface area contributed by atoms with E-state index in [1.807, 2.05) is 42.5 Å². The second kappa shape index (κ2) is 10.2. The van der Waals surface area contributed by atoms with Gasteiger partial charge in [0.05, 0.1) is 21.3 Å². The maximum atomic E-state index is 12.3. The van der Waals surface area contributed by atoms with Crippen molar-refractivity contribution in [1.29, 1.82) is 0 Å². The average Bonchev–Trinajstić information content (AvgIpc) is 2.81. The molecular weight excluding hydrogens is 380 g/mol. The minimum Gasteiger partial charge on any atom is -0.493 e.